The summed E-state index contributed by atoms with van der Waals surface area (Å²) in [6.07, 6.45) is 1.25. The molecule has 1 nitrogen and oxygen atoms in total. The maximum absolute atomic E-state index is 11.0. The van der Waals surface area contributed by atoms with Crippen LogP contribution in [0.15, 0.2) is 60.7 Å². The molecule has 0 spiro atoms. The van der Waals surface area contributed by atoms with Crippen LogP contribution in [0.3, 0.4) is 0 Å². The van der Waals surface area contributed by atoms with Crippen molar-refractivity contribution in [3.63, 3.8) is 0 Å². The molecule has 88 valence electrons. The second kappa shape index (κ2) is 5.15. The van der Waals surface area contributed by atoms with E-state index >= 15 is 0 Å². The molecule has 0 radical (unpaired) electrons. The maximum atomic E-state index is 11.0. The summed E-state index contributed by atoms with van der Waals surface area (Å²) in [5.41, 5.74) is 0.804. The summed E-state index contributed by atoms with van der Waals surface area (Å²) < 4.78 is 7.30. The van der Waals surface area contributed by atoms with Crippen LogP contribution >= 0.6 is 0 Å². The van der Waals surface area contributed by atoms with Gasteiger partial charge in [0.2, 0.25) is 0 Å². The third-order valence-corrected chi connectivity index (χ3v) is 3.04. The molecule has 2 aromatic rings. The summed E-state index contributed by atoms with van der Waals surface area (Å²) in [5.74, 6) is 0. The van der Waals surface area contributed by atoms with Crippen molar-refractivity contribution in [1.29, 1.82) is 0 Å². The van der Waals surface area contributed by atoms with Gasteiger partial charge < -0.3 is 5.11 Å². The summed E-state index contributed by atoms with van der Waals surface area (Å²) in [4.78, 5) is 0. The molecule has 0 aliphatic heterocycles. The molecule has 0 saturated heterocycles. The van der Waals surface area contributed by atoms with Crippen LogP contribution in [-0.4, -0.2) is 5.11 Å². The Bertz CT molecular complexity index is 427. The molecule has 0 aliphatic carbocycles. The quantitative estimate of drug-likeness (QED) is 0.844. The fraction of sp³-hybridized carbons (Fsp3) is 0.250. The molecular weight excluding hydrogens is 208 g/mol. The first-order valence-corrected chi connectivity index (χ1v) is 5.90. The van der Waals surface area contributed by atoms with Crippen LogP contribution in [0.25, 0.3) is 0 Å². The Morgan fingerprint density at radius 1 is 0.941 bits per heavy atom. The van der Waals surface area contributed by atoms with Crippen LogP contribution in [-0.2, 0) is 5.60 Å². The van der Waals surface area contributed by atoms with Gasteiger partial charge in [0.15, 0.2) is 0 Å². The van der Waals surface area contributed by atoms with E-state index in [1.165, 1.54) is 0 Å². The molecule has 1 heteroatoms. The first-order valence-electron chi connectivity index (χ1n) is 6.61. The van der Waals surface area contributed by atoms with Gasteiger partial charge in [0.05, 0.1) is 0 Å². The number of rotatable bonds is 4. The zero-order valence-corrected chi connectivity index (χ0v) is 9.84. The number of hydrogen-bond donors (Lipinski definition) is 1. The predicted molar refractivity (Wildman–Crippen MR) is 70.8 cm³/mol. The number of hydrogen-bond acceptors (Lipinski definition) is 1. The Labute approximate surface area is 104 Å². The lowest BCUT2D eigenvalue weighted by Gasteiger charge is -2.29. The zero-order chi connectivity index (χ0) is 12.8. The minimum absolute atomic E-state index is 0.335. The Hall–Kier alpha value is -1.60. The van der Waals surface area contributed by atoms with Crippen LogP contribution in [0.5, 0.6) is 0 Å². The van der Waals surface area contributed by atoms with Crippen molar-refractivity contribution >= 4 is 0 Å². The van der Waals surface area contributed by atoms with Gasteiger partial charge in [-0.25, -0.2) is 0 Å². The smallest absolute Gasteiger partial charge is 0.115 e. The highest BCUT2D eigenvalue weighted by molar-refractivity contribution is 5.35. The molecule has 0 aromatic heterocycles. The molecule has 0 saturated carbocycles. The summed E-state index contributed by atoms with van der Waals surface area (Å²) in [6, 6.07) is 19.4. The third kappa shape index (κ3) is 2.40. The molecule has 0 atom stereocenters. The molecule has 1 N–H and O–H groups in total. The highest BCUT2D eigenvalue weighted by atomic mass is 16.3. The lowest BCUT2D eigenvalue weighted by atomic mass is 9.83. The van der Waals surface area contributed by atoms with Crippen LogP contribution < -0.4 is 0 Å². The number of aliphatic hydroxyl groups is 1. The largest absolute Gasteiger partial charge is 0.380 e. The Morgan fingerprint density at radius 3 is 1.82 bits per heavy atom. The summed E-state index contributed by atoms with van der Waals surface area (Å²) in [5, 5.41) is 11.0. The third-order valence-electron chi connectivity index (χ3n) is 3.04. The minimum Gasteiger partial charge on any atom is -0.380 e. The van der Waals surface area contributed by atoms with Crippen LogP contribution in [0.2, 0.25) is 0 Å². The monoisotopic (exact) mass is 227 g/mol. The first-order chi connectivity index (χ1) is 8.77. The van der Waals surface area contributed by atoms with Crippen molar-refractivity contribution < 1.29 is 6.48 Å². The van der Waals surface area contributed by atoms with Gasteiger partial charge in [-0.1, -0.05) is 74.0 Å². The lowest BCUT2D eigenvalue weighted by Crippen LogP contribution is -2.26. The second-order valence-electron chi connectivity index (χ2n) is 4.20. The highest BCUT2D eigenvalue weighted by Gasteiger charge is 2.29. The van der Waals surface area contributed by atoms with Gasteiger partial charge in [-0.05, 0) is 17.5 Å². The van der Waals surface area contributed by atoms with Crippen molar-refractivity contribution in [2.75, 3.05) is 0 Å². The van der Waals surface area contributed by atoms with Crippen molar-refractivity contribution in [1.82, 2.24) is 0 Å². The van der Waals surface area contributed by atoms with Crippen LogP contribution in [0, 0.1) is 0 Å². The lowest BCUT2D eigenvalue weighted by molar-refractivity contribution is 0.0702. The van der Waals surface area contributed by atoms with E-state index in [0.29, 0.717) is 19.7 Å². The SMILES string of the molecule is [2H]CCCC(O)(c1ccccc1)c1ccccc1. The van der Waals surface area contributed by atoms with E-state index in [1.54, 1.807) is 0 Å². The standard InChI is InChI=1S/C16H18O/c1-2-13-16(17,14-9-5-3-6-10-14)15-11-7-4-8-12-15/h3-12,17H,2,13H2,1H3/i1D. The molecule has 0 fully saturated rings. The van der Waals surface area contributed by atoms with E-state index in [0.717, 1.165) is 11.1 Å². The first kappa shape index (κ1) is 10.5. The summed E-state index contributed by atoms with van der Waals surface area (Å²) in [6.45, 7) is 0.335. The van der Waals surface area contributed by atoms with Gasteiger partial charge >= 0.3 is 0 Å². The Morgan fingerprint density at radius 2 is 1.41 bits per heavy atom. The van der Waals surface area contributed by atoms with Crippen molar-refractivity contribution in [3.8, 4) is 0 Å². The molecule has 17 heavy (non-hydrogen) atoms. The zero-order valence-electron chi connectivity index (χ0n) is 10.8. The van der Waals surface area contributed by atoms with Crippen molar-refractivity contribution in [2.45, 2.75) is 25.3 Å². The van der Waals surface area contributed by atoms with Gasteiger partial charge in [0.25, 0.3) is 0 Å². The van der Waals surface area contributed by atoms with E-state index in [9.17, 15) is 5.11 Å². The molecule has 2 aromatic carbocycles. The summed E-state index contributed by atoms with van der Waals surface area (Å²) in [7, 11) is 0. The van der Waals surface area contributed by atoms with Crippen molar-refractivity contribution in [2.24, 2.45) is 0 Å². The normalized spacial score (nSPS) is 12.2. The fourth-order valence-electron chi connectivity index (χ4n) is 2.14. The molecular formula is C16H18O. The summed E-state index contributed by atoms with van der Waals surface area (Å²) >= 11 is 0. The van der Waals surface area contributed by atoms with Gasteiger partial charge in [-0.3, -0.25) is 0 Å². The van der Waals surface area contributed by atoms with Gasteiger partial charge in [-0.2, -0.15) is 0 Å². The topological polar surface area (TPSA) is 20.2 Å². The molecule has 0 bridgehead atoms. The van der Waals surface area contributed by atoms with Crippen LogP contribution in [0.1, 0.15) is 32.2 Å². The predicted octanol–water partition coefficient (Wildman–Crippen LogP) is 3.72. The van der Waals surface area contributed by atoms with E-state index in [1.807, 2.05) is 60.7 Å². The second-order valence-corrected chi connectivity index (χ2v) is 4.20. The van der Waals surface area contributed by atoms with E-state index < -0.39 is 5.60 Å². The van der Waals surface area contributed by atoms with Crippen LogP contribution in [0.4, 0.5) is 0 Å². The van der Waals surface area contributed by atoms with Gasteiger partial charge in [-0.15, -0.1) is 0 Å². The Kier molecular flexibility index (Phi) is 3.20. The average Bonchev–Trinajstić information content (AvgIpc) is 2.46. The molecule has 0 heterocycles. The van der Waals surface area contributed by atoms with E-state index in [2.05, 4.69) is 0 Å². The van der Waals surface area contributed by atoms with Gasteiger partial charge in [0, 0.05) is 1.37 Å². The molecule has 2 rings (SSSR count). The van der Waals surface area contributed by atoms with Gasteiger partial charge in [0.1, 0.15) is 5.60 Å². The molecule has 0 aliphatic rings. The maximum Gasteiger partial charge on any atom is 0.115 e. The van der Waals surface area contributed by atoms with Crippen molar-refractivity contribution in [3.05, 3.63) is 71.8 Å². The average molecular weight is 227 g/mol. The van der Waals surface area contributed by atoms with E-state index in [4.69, 9.17) is 1.37 Å². The Balaban J connectivity index is 2.41. The fourth-order valence-corrected chi connectivity index (χ4v) is 2.14. The minimum atomic E-state index is -0.983. The number of benzene rings is 2. The molecule has 0 amide bonds. The van der Waals surface area contributed by atoms with E-state index in [-0.39, 0.29) is 0 Å². The highest BCUT2D eigenvalue weighted by Crippen LogP contribution is 2.33. The molecule has 0 unspecified atom stereocenters.